The Labute approximate surface area is 121 Å². The summed E-state index contributed by atoms with van der Waals surface area (Å²) in [5.74, 6) is -0.756. The van der Waals surface area contributed by atoms with Crippen molar-refractivity contribution in [2.75, 3.05) is 19.0 Å². The van der Waals surface area contributed by atoms with Crippen LogP contribution in [0.15, 0.2) is 0 Å². The van der Waals surface area contributed by atoms with Gasteiger partial charge in [-0.3, -0.25) is 9.59 Å². The summed E-state index contributed by atoms with van der Waals surface area (Å²) in [7, 11) is 1.34. The second kappa shape index (κ2) is 8.78. The van der Waals surface area contributed by atoms with Crippen LogP contribution in [-0.2, 0) is 20.7 Å². The van der Waals surface area contributed by atoms with E-state index in [9.17, 15) is 9.59 Å². The molecule has 0 saturated carbocycles. The standard InChI is InChI=1S/C10H16N4O3S.ClH/c1-6(5-11)9(16)12-10-14-13-7(18-10)3-4-8(15)17-2;/h6H,3-5,11H2,1-2H3,(H,12,14,16);1H. The van der Waals surface area contributed by atoms with Crippen LogP contribution in [-0.4, -0.2) is 35.7 Å². The second-order valence-corrected chi connectivity index (χ2v) is 4.77. The van der Waals surface area contributed by atoms with Crippen molar-refractivity contribution in [3.05, 3.63) is 5.01 Å². The number of halogens is 1. The van der Waals surface area contributed by atoms with Crippen LogP contribution in [0.3, 0.4) is 0 Å². The summed E-state index contributed by atoms with van der Waals surface area (Å²) in [6.45, 7) is 2.01. The van der Waals surface area contributed by atoms with Crippen LogP contribution in [0, 0.1) is 5.92 Å². The maximum Gasteiger partial charge on any atom is 0.305 e. The van der Waals surface area contributed by atoms with Crippen LogP contribution in [0.4, 0.5) is 5.13 Å². The smallest absolute Gasteiger partial charge is 0.305 e. The Morgan fingerprint density at radius 3 is 2.74 bits per heavy atom. The van der Waals surface area contributed by atoms with Crippen molar-refractivity contribution in [2.24, 2.45) is 11.7 Å². The fourth-order valence-corrected chi connectivity index (χ4v) is 1.79. The first-order valence-corrected chi connectivity index (χ1v) is 6.28. The van der Waals surface area contributed by atoms with E-state index >= 15 is 0 Å². The number of nitrogens with two attached hydrogens (primary N) is 1. The maximum absolute atomic E-state index is 11.5. The van der Waals surface area contributed by atoms with Gasteiger partial charge >= 0.3 is 5.97 Å². The zero-order valence-electron chi connectivity index (χ0n) is 10.7. The molecule has 1 atom stereocenters. The molecule has 3 N–H and O–H groups in total. The Balaban J connectivity index is 0.00000324. The van der Waals surface area contributed by atoms with E-state index in [1.807, 2.05) is 0 Å². The van der Waals surface area contributed by atoms with Crippen molar-refractivity contribution >= 4 is 40.8 Å². The van der Waals surface area contributed by atoms with Gasteiger partial charge in [-0.05, 0) is 0 Å². The van der Waals surface area contributed by atoms with Crippen LogP contribution in [0.2, 0.25) is 0 Å². The Hall–Kier alpha value is -1.25. The van der Waals surface area contributed by atoms with Crippen molar-refractivity contribution in [1.29, 1.82) is 0 Å². The molecule has 108 valence electrons. The third-order valence-electron chi connectivity index (χ3n) is 2.27. The lowest BCUT2D eigenvalue weighted by atomic mass is 10.2. The molecule has 1 aromatic rings. The number of carbonyl (C=O) groups excluding carboxylic acids is 2. The SMILES string of the molecule is COC(=O)CCc1nnc(NC(=O)C(C)CN)s1.Cl. The van der Waals surface area contributed by atoms with Crippen molar-refractivity contribution in [3.8, 4) is 0 Å². The average molecular weight is 309 g/mol. The number of carbonyl (C=O) groups is 2. The van der Waals surface area contributed by atoms with Gasteiger partial charge in [0.1, 0.15) is 5.01 Å². The van der Waals surface area contributed by atoms with Crippen molar-refractivity contribution in [1.82, 2.24) is 10.2 Å². The molecular weight excluding hydrogens is 292 g/mol. The van der Waals surface area contributed by atoms with E-state index in [1.165, 1.54) is 18.4 Å². The van der Waals surface area contributed by atoms with Gasteiger partial charge in [0.2, 0.25) is 11.0 Å². The number of methoxy groups -OCH3 is 1. The number of rotatable bonds is 6. The van der Waals surface area contributed by atoms with E-state index < -0.39 is 0 Å². The molecule has 0 spiro atoms. The number of amides is 1. The van der Waals surface area contributed by atoms with Crippen molar-refractivity contribution < 1.29 is 14.3 Å². The van der Waals surface area contributed by atoms with Gasteiger partial charge in [-0.25, -0.2) is 0 Å². The van der Waals surface area contributed by atoms with Gasteiger partial charge < -0.3 is 15.8 Å². The number of anilines is 1. The van der Waals surface area contributed by atoms with Crippen LogP contribution < -0.4 is 11.1 Å². The molecule has 1 amide bonds. The number of aryl methyl sites for hydroxylation is 1. The van der Waals surface area contributed by atoms with E-state index in [1.54, 1.807) is 6.92 Å². The van der Waals surface area contributed by atoms with Crippen LogP contribution in [0.25, 0.3) is 0 Å². The molecule has 0 aromatic carbocycles. The van der Waals surface area contributed by atoms with Gasteiger partial charge in [0.05, 0.1) is 13.5 Å². The third-order valence-corrected chi connectivity index (χ3v) is 3.17. The van der Waals surface area contributed by atoms with Crippen LogP contribution >= 0.6 is 23.7 Å². The fraction of sp³-hybridized carbons (Fsp3) is 0.600. The molecule has 0 aliphatic carbocycles. The lowest BCUT2D eigenvalue weighted by molar-refractivity contribution is -0.140. The minimum atomic E-state index is -0.299. The zero-order valence-corrected chi connectivity index (χ0v) is 12.3. The van der Waals surface area contributed by atoms with E-state index in [0.717, 1.165) is 0 Å². The number of aromatic nitrogens is 2. The molecule has 1 aromatic heterocycles. The third kappa shape index (κ3) is 5.95. The molecule has 0 aliphatic rings. The molecule has 0 bridgehead atoms. The molecule has 1 rings (SSSR count). The minimum Gasteiger partial charge on any atom is -0.469 e. The highest BCUT2D eigenvalue weighted by atomic mass is 35.5. The van der Waals surface area contributed by atoms with Gasteiger partial charge in [0.15, 0.2) is 0 Å². The summed E-state index contributed by atoms with van der Waals surface area (Å²) in [5, 5.41) is 11.4. The first-order chi connectivity index (χ1) is 8.56. The highest BCUT2D eigenvalue weighted by molar-refractivity contribution is 7.15. The van der Waals surface area contributed by atoms with Gasteiger partial charge in [-0.1, -0.05) is 18.3 Å². The topological polar surface area (TPSA) is 107 Å². The summed E-state index contributed by atoms with van der Waals surface area (Å²) in [6.07, 6.45) is 0.699. The largest absolute Gasteiger partial charge is 0.469 e. The van der Waals surface area contributed by atoms with Crippen LogP contribution in [0.5, 0.6) is 0 Å². The number of esters is 1. The second-order valence-electron chi connectivity index (χ2n) is 3.70. The number of nitrogens with zero attached hydrogens (tertiary/aromatic N) is 2. The lowest BCUT2D eigenvalue weighted by Gasteiger charge is -2.05. The normalized spacial score (nSPS) is 11.3. The first-order valence-electron chi connectivity index (χ1n) is 5.47. The van der Waals surface area contributed by atoms with Crippen molar-refractivity contribution in [3.63, 3.8) is 0 Å². The summed E-state index contributed by atoms with van der Waals surface area (Å²) < 4.78 is 4.52. The van der Waals surface area contributed by atoms with Gasteiger partial charge in [-0.2, -0.15) is 0 Å². The fourth-order valence-electron chi connectivity index (χ4n) is 1.05. The summed E-state index contributed by atoms with van der Waals surface area (Å²) in [5.41, 5.74) is 5.38. The monoisotopic (exact) mass is 308 g/mol. The molecule has 0 radical (unpaired) electrons. The van der Waals surface area contributed by atoms with E-state index in [0.29, 0.717) is 16.6 Å². The maximum atomic E-state index is 11.5. The highest BCUT2D eigenvalue weighted by Gasteiger charge is 2.14. The summed E-state index contributed by atoms with van der Waals surface area (Å²) in [4.78, 5) is 22.5. The van der Waals surface area contributed by atoms with E-state index in [-0.39, 0.29) is 43.2 Å². The molecule has 1 unspecified atom stereocenters. The number of nitrogens with one attached hydrogen (secondary N) is 1. The first kappa shape index (κ1) is 17.8. The molecule has 1 heterocycles. The van der Waals surface area contributed by atoms with Crippen molar-refractivity contribution in [2.45, 2.75) is 19.8 Å². The highest BCUT2D eigenvalue weighted by Crippen LogP contribution is 2.17. The number of hydrogen-bond acceptors (Lipinski definition) is 7. The van der Waals surface area contributed by atoms with Gasteiger partial charge in [0.25, 0.3) is 0 Å². The zero-order chi connectivity index (χ0) is 13.5. The Kier molecular flexibility index (Phi) is 8.21. The quantitative estimate of drug-likeness (QED) is 0.745. The molecule has 9 heteroatoms. The number of ether oxygens (including phenoxy) is 1. The Morgan fingerprint density at radius 1 is 1.47 bits per heavy atom. The Morgan fingerprint density at radius 2 is 2.16 bits per heavy atom. The molecule has 0 fully saturated rings. The molecule has 0 aliphatic heterocycles. The molecule has 7 nitrogen and oxygen atoms in total. The summed E-state index contributed by atoms with van der Waals surface area (Å²) in [6, 6.07) is 0. The molecule has 19 heavy (non-hydrogen) atoms. The van der Waals surface area contributed by atoms with Gasteiger partial charge in [0, 0.05) is 18.9 Å². The minimum absolute atomic E-state index is 0. The number of hydrogen-bond donors (Lipinski definition) is 2. The Bertz CT molecular complexity index is 427. The average Bonchev–Trinajstić information content (AvgIpc) is 2.82. The summed E-state index contributed by atoms with van der Waals surface area (Å²) >= 11 is 1.24. The predicted molar refractivity (Wildman–Crippen MR) is 74.3 cm³/mol. The van der Waals surface area contributed by atoms with E-state index in [4.69, 9.17) is 5.73 Å². The molecular formula is C10H17ClN4O3S. The van der Waals surface area contributed by atoms with E-state index in [2.05, 4.69) is 20.3 Å². The molecule has 0 saturated heterocycles. The predicted octanol–water partition coefficient (Wildman–Crippen LogP) is 0.599. The van der Waals surface area contributed by atoms with Gasteiger partial charge in [-0.15, -0.1) is 22.6 Å². The lowest BCUT2D eigenvalue weighted by Crippen LogP contribution is -2.26. The van der Waals surface area contributed by atoms with Crippen LogP contribution in [0.1, 0.15) is 18.4 Å².